The van der Waals surface area contributed by atoms with Gasteiger partial charge in [0.1, 0.15) is 0 Å². The Bertz CT molecular complexity index is 276. The summed E-state index contributed by atoms with van der Waals surface area (Å²) in [6.07, 6.45) is 6.77. The maximum absolute atomic E-state index is 3.48. The van der Waals surface area contributed by atoms with Crippen LogP contribution in [0.2, 0.25) is 0 Å². The summed E-state index contributed by atoms with van der Waals surface area (Å²) in [6.45, 7) is 1.03. The zero-order chi connectivity index (χ0) is 8.93. The molecule has 2 rings (SSSR count). The van der Waals surface area contributed by atoms with E-state index in [1.165, 1.54) is 5.56 Å². The van der Waals surface area contributed by atoms with Gasteiger partial charge in [0.25, 0.3) is 0 Å². The third-order valence-corrected chi connectivity index (χ3v) is 2.44. The predicted molar refractivity (Wildman–Crippen MR) is 55.7 cm³/mol. The summed E-state index contributed by atoms with van der Waals surface area (Å²) in [5.41, 5.74) is 1.43. The molecule has 1 atom stereocenters. The van der Waals surface area contributed by atoms with E-state index in [1.807, 2.05) is 0 Å². The van der Waals surface area contributed by atoms with Crippen molar-refractivity contribution in [2.45, 2.75) is 18.9 Å². The van der Waals surface area contributed by atoms with E-state index < -0.39 is 0 Å². The Hall–Kier alpha value is -1.08. The number of nitrogens with one attached hydrogen (secondary N) is 1. The lowest BCUT2D eigenvalue weighted by Gasteiger charge is -2.19. The molecule has 0 spiro atoms. The first-order valence-corrected chi connectivity index (χ1v) is 4.87. The van der Waals surface area contributed by atoms with Gasteiger partial charge in [0, 0.05) is 12.6 Å². The molecule has 0 aliphatic carbocycles. The zero-order valence-corrected chi connectivity index (χ0v) is 7.74. The van der Waals surface area contributed by atoms with Gasteiger partial charge in [-0.1, -0.05) is 42.5 Å². The summed E-state index contributed by atoms with van der Waals surface area (Å²) >= 11 is 0. The van der Waals surface area contributed by atoms with Crippen LogP contribution in [-0.4, -0.2) is 12.6 Å². The Morgan fingerprint density at radius 2 is 2.00 bits per heavy atom. The third kappa shape index (κ3) is 2.43. The van der Waals surface area contributed by atoms with Crippen LogP contribution in [0.25, 0.3) is 0 Å². The van der Waals surface area contributed by atoms with Gasteiger partial charge in [0.15, 0.2) is 0 Å². The fourth-order valence-corrected chi connectivity index (χ4v) is 1.72. The van der Waals surface area contributed by atoms with Crippen LogP contribution in [-0.2, 0) is 6.42 Å². The van der Waals surface area contributed by atoms with Crippen molar-refractivity contribution in [1.29, 1.82) is 0 Å². The molecule has 0 fully saturated rings. The number of benzene rings is 1. The van der Waals surface area contributed by atoms with Gasteiger partial charge in [-0.15, -0.1) is 0 Å². The fourth-order valence-electron chi connectivity index (χ4n) is 1.72. The quantitative estimate of drug-likeness (QED) is 0.676. The molecule has 0 unspecified atom stereocenters. The Balaban J connectivity index is 1.94. The highest BCUT2D eigenvalue weighted by atomic mass is 14.9. The molecule has 0 saturated carbocycles. The monoisotopic (exact) mass is 173 g/mol. The summed E-state index contributed by atoms with van der Waals surface area (Å²) in [5, 5.41) is 3.48. The van der Waals surface area contributed by atoms with Crippen molar-refractivity contribution in [2.75, 3.05) is 6.54 Å². The summed E-state index contributed by atoms with van der Waals surface area (Å²) in [7, 11) is 0. The van der Waals surface area contributed by atoms with Gasteiger partial charge in [0.05, 0.1) is 0 Å². The van der Waals surface area contributed by atoms with Gasteiger partial charge in [-0.05, 0) is 18.4 Å². The molecule has 1 heteroatoms. The van der Waals surface area contributed by atoms with Gasteiger partial charge < -0.3 is 5.32 Å². The molecule has 0 bridgehead atoms. The molecule has 0 radical (unpaired) electrons. The third-order valence-electron chi connectivity index (χ3n) is 2.44. The van der Waals surface area contributed by atoms with Gasteiger partial charge in [-0.2, -0.15) is 0 Å². The maximum atomic E-state index is 3.48. The van der Waals surface area contributed by atoms with Crippen LogP contribution in [0, 0.1) is 0 Å². The van der Waals surface area contributed by atoms with E-state index in [-0.39, 0.29) is 0 Å². The molecule has 1 aromatic carbocycles. The summed E-state index contributed by atoms with van der Waals surface area (Å²) in [4.78, 5) is 0. The van der Waals surface area contributed by atoms with Crippen LogP contribution >= 0.6 is 0 Å². The minimum Gasteiger partial charge on any atom is -0.310 e. The van der Waals surface area contributed by atoms with Gasteiger partial charge >= 0.3 is 0 Å². The van der Waals surface area contributed by atoms with Crippen molar-refractivity contribution in [3.63, 3.8) is 0 Å². The molecule has 13 heavy (non-hydrogen) atoms. The van der Waals surface area contributed by atoms with E-state index in [0.29, 0.717) is 6.04 Å². The molecule has 0 saturated heterocycles. The van der Waals surface area contributed by atoms with Crippen LogP contribution in [0.15, 0.2) is 42.5 Å². The van der Waals surface area contributed by atoms with E-state index >= 15 is 0 Å². The average molecular weight is 173 g/mol. The molecular weight excluding hydrogens is 158 g/mol. The topological polar surface area (TPSA) is 12.0 Å². The lowest BCUT2D eigenvalue weighted by Crippen LogP contribution is -2.33. The van der Waals surface area contributed by atoms with E-state index in [2.05, 4.69) is 47.8 Å². The highest BCUT2D eigenvalue weighted by Gasteiger charge is 2.08. The smallest absolute Gasteiger partial charge is 0.0145 e. The first kappa shape index (κ1) is 8.52. The molecule has 0 amide bonds. The summed E-state index contributed by atoms with van der Waals surface area (Å²) in [5.74, 6) is 0. The average Bonchev–Trinajstić information content (AvgIpc) is 2.21. The van der Waals surface area contributed by atoms with Gasteiger partial charge in [0.2, 0.25) is 0 Å². The highest BCUT2D eigenvalue weighted by molar-refractivity contribution is 5.16. The minimum atomic E-state index is 0.632. The molecule has 1 N–H and O–H groups in total. The van der Waals surface area contributed by atoms with Crippen LogP contribution < -0.4 is 5.32 Å². The van der Waals surface area contributed by atoms with Gasteiger partial charge in [-0.25, -0.2) is 0 Å². The largest absolute Gasteiger partial charge is 0.310 e. The number of hydrogen-bond acceptors (Lipinski definition) is 1. The van der Waals surface area contributed by atoms with E-state index in [4.69, 9.17) is 0 Å². The Morgan fingerprint density at radius 3 is 2.69 bits per heavy atom. The van der Waals surface area contributed by atoms with E-state index in [9.17, 15) is 0 Å². The van der Waals surface area contributed by atoms with Crippen molar-refractivity contribution in [3.05, 3.63) is 48.0 Å². The van der Waals surface area contributed by atoms with Crippen molar-refractivity contribution >= 4 is 0 Å². The predicted octanol–water partition coefficient (Wildman–Crippen LogP) is 2.15. The molecular formula is C12H15N. The first-order chi connectivity index (χ1) is 6.45. The number of hydrogen-bond donors (Lipinski definition) is 1. The maximum Gasteiger partial charge on any atom is 0.0145 e. The molecule has 0 aromatic heterocycles. The van der Waals surface area contributed by atoms with Crippen LogP contribution in [0.3, 0.4) is 0 Å². The normalized spacial score (nSPS) is 21.7. The summed E-state index contributed by atoms with van der Waals surface area (Å²) < 4.78 is 0. The highest BCUT2D eigenvalue weighted by Crippen LogP contribution is 2.08. The molecule has 1 aliphatic rings. The van der Waals surface area contributed by atoms with Crippen molar-refractivity contribution < 1.29 is 0 Å². The van der Waals surface area contributed by atoms with Crippen molar-refractivity contribution in [2.24, 2.45) is 0 Å². The SMILES string of the molecule is C1=CC[C@H](Cc2ccccc2)NC1. The van der Waals surface area contributed by atoms with Gasteiger partial charge in [-0.3, -0.25) is 0 Å². The molecule has 1 heterocycles. The lowest BCUT2D eigenvalue weighted by atomic mass is 10.0. The summed E-state index contributed by atoms with van der Waals surface area (Å²) in [6, 6.07) is 11.3. The second kappa shape index (κ2) is 4.24. The number of rotatable bonds is 2. The standard InChI is InChI=1S/C12H15N/c1-2-6-11(7-3-1)10-12-8-4-5-9-13-12/h1-7,12-13H,8-10H2/t12-/m1/s1. The first-order valence-electron chi connectivity index (χ1n) is 4.87. The Morgan fingerprint density at radius 1 is 1.15 bits per heavy atom. The van der Waals surface area contributed by atoms with Crippen molar-refractivity contribution in [1.82, 2.24) is 5.32 Å². The second-order valence-electron chi connectivity index (χ2n) is 3.50. The van der Waals surface area contributed by atoms with Crippen LogP contribution in [0.4, 0.5) is 0 Å². The van der Waals surface area contributed by atoms with E-state index in [1.54, 1.807) is 0 Å². The Labute approximate surface area is 79.5 Å². The fraction of sp³-hybridized carbons (Fsp3) is 0.333. The van der Waals surface area contributed by atoms with E-state index in [0.717, 1.165) is 19.4 Å². The lowest BCUT2D eigenvalue weighted by molar-refractivity contribution is 0.525. The van der Waals surface area contributed by atoms with Crippen LogP contribution in [0.5, 0.6) is 0 Å². The molecule has 1 aromatic rings. The molecule has 1 nitrogen and oxygen atoms in total. The molecule has 68 valence electrons. The second-order valence-corrected chi connectivity index (χ2v) is 3.50. The van der Waals surface area contributed by atoms with Crippen molar-refractivity contribution in [3.8, 4) is 0 Å². The van der Waals surface area contributed by atoms with Crippen LogP contribution in [0.1, 0.15) is 12.0 Å². The molecule has 1 aliphatic heterocycles. The minimum absolute atomic E-state index is 0.632. The zero-order valence-electron chi connectivity index (χ0n) is 7.74. The Kier molecular flexibility index (Phi) is 2.78.